The smallest absolute Gasteiger partial charge is 0.172 e. The maximum Gasteiger partial charge on any atom is 0.172 e. The molecule has 0 spiro atoms. The van der Waals surface area contributed by atoms with Crippen molar-refractivity contribution in [3.8, 4) is 11.5 Å². The molecule has 0 radical (unpaired) electrons. The third-order valence-electron chi connectivity index (χ3n) is 3.24. The zero-order valence-corrected chi connectivity index (χ0v) is 10.7. The molecule has 0 heterocycles. The highest BCUT2D eigenvalue weighted by molar-refractivity contribution is 9.10. The van der Waals surface area contributed by atoms with Crippen LogP contribution in [0, 0.1) is 5.41 Å². The predicted octanol–water partition coefficient (Wildman–Crippen LogP) is 2.48. The Bertz CT molecular complexity index is 399. The molecule has 1 aliphatic rings. The van der Waals surface area contributed by atoms with Gasteiger partial charge < -0.3 is 14.9 Å². The normalized spacial score (nSPS) is 17.2. The summed E-state index contributed by atoms with van der Waals surface area (Å²) in [5.74, 6) is 0.596. The van der Waals surface area contributed by atoms with Gasteiger partial charge in [-0.15, -0.1) is 0 Å². The fourth-order valence-corrected chi connectivity index (χ4v) is 2.33. The van der Waals surface area contributed by atoms with Gasteiger partial charge in [0.05, 0.1) is 11.6 Å². The lowest BCUT2D eigenvalue weighted by atomic mass is 9.97. The van der Waals surface area contributed by atoms with E-state index in [9.17, 15) is 10.2 Å². The van der Waals surface area contributed by atoms with Gasteiger partial charge in [0.15, 0.2) is 11.5 Å². The van der Waals surface area contributed by atoms with Gasteiger partial charge in [-0.25, -0.2) is 0 Å². The van der Waals surface area contributed by atoms with Gasteiger partial charge in [-0.3, -0.25) is 0 Å². The maximum atomic E-state index is 9.83. The second-order valence-corrected chi connectivity index (χ2v) is 5.22. The van der Waals surface area contributed by atoms with Gasteiger partial charge in [-0.2, -0.15) is 0 Å². The zero-order chi connectivity index (χ0) is 11.8. The van der Waals surface area contributed by atoms with E-state index in [0.717, 1.165) is 24.8 Å². The Labute approximate surface area is 103 Å². The summed E-state index contributed by atoms with van der Waals surface area (Å²) in [6, 6.07) is 3.68. The number of benzene rings is 1. The minimum Gasteiger partial charge on any atom is -0.503 e. The van der Waals surface area contributed by atoms with Crippen LogP contribution in [0.5, 0.6) is 11.5 Å². The number of halogens is 1. The van der Waals surface area contributed by atoms with Crippen LogP contribution in [-0.2, 0) is 6.42 Å². The summed E-state index contributed by atoms with van der Waals surface area (Å²) in [5, 5.41) is 19.1. The predicted molar refractivity (Wildman–Crippen MR) is 64.8 cm³/mol. The van der Waals surface area contributed by atoms with E-state index in [2.05, 4.69) is 15.9 Å². The fraction of sp³-hybridized carbons (Fsp3) is 0.500. The van der Waals surface area contributed by atoms with E-state index in [1.807, 2.05) is 6.07 Å². The third kappa shape index (κ3) is 2.04. The number of phenols is 1. The van der Waals surface area contributed by atoms with Crippen LogP contribution in [0.4, 0.5) is 0 Å². The number of aliphatic hydroxyl groups is 1. The van der Waals surface area contributed by atoms with Crippen molar-refractivity contribution in [3.05, 3.63) is 22.2 Å². The highest BCUT2D eigenvalue weighted by Crippen LogP contribution is 2.50. The molecule has 0 saturated heterocycles. The average Bonchev–Trinajstić information content (AvgIpc) is 3.06. The second kappa shape index (κ2) is 4.26. The Morgan fingerprint density at radius 2 is 2.12 bits per heavy atom. The largest absolute Gasteiger partial charge is 0.503 e. The molecule has 0 unspecified atom stereocenters. The standard InChI is InChI=1S/C12H15BrO3/c1-16-9-3-2-8(10(13)11(9)15)6-12(7-14)4-5-12/h2-3,14-15H,4-7H2,1H3. The number of aliphatic hydroxyl groups excluding tert-OH is 1. The van der Waals surface area contributed by atoms with Crippen LogP contribution in [0.3, 0.4) is 0 Å². The number of phenolic OH excluding ortho intramolecular Hbond substituents is 1. The minimum absolute atomic E-state index is 0.0452. The van der Waals surface area contributed by atoms with E-state index >= 15 is 0 Å². The Hall–Kier alpha value is -0.740. The number of hydrogen-bond acceptors (Lipinski definition) is 3. The van der Waals surface area contributed by atoms with Crippen molar-refractivity contribution in [1.82, 2.24) is 0 Å². The van der Waals surface area contributed by atoms with Crippen LogP contribution in [0.1, 0.15) is 18.4 Å². The monoisotopic (exact) mass is 286 g/mol. The molecule has 16 heavy (non-hydrogen) atoms. The summed E-state index contributed by atoms with van der Waals surface area (Å²) in [6.07, 6.45) is 2.91. The lowest BCUT2D eigenvalue weighted by molar-refractivity contribution is 0.211. The van der Waals surface area contributed by atoms with Gasteiger partial charge in [0.1, 0.15) is 0 Å². The summed E-state index contributed by atoms with van der Waals surface area (Å²) in [6.45, 7) is 0.215. The molecule has 0 amide bonds. The molecule has 1 fully saturated rings. The Kier molecular flexibility index (Phi) is 3.13. The summed E-state index contributed by atoms with van der Waals surface area (Å²) >= 11 is 3.37. The lowest BCUT2D eigenvalue weighted by Gasteiger charge is -2.14. The van der Waals surface area contributed by atoms with Crippen molar-refractivity contribution in [2.75, 3.05) is 13.7 Å². The van der Waals surface area contributed by atoms with Gasteiger partial charge in [-0.05, 0) is 52.2 Å². The quantitative estimate of drug-likeness (QED) is 0.894. The molecular formula is C12H15BrO3. The molecule has 4 heteroatoms. The SMILES string of the molecule is COc1ccc(CC2(CO)CC2)c(Br)c1O. The Balaban J connectivity index is 2.25. The van der Waals surface area contributed by atoms with E-state index < -0.39 is 0 Å². The fourth-order valence-electron chi connectivity index (χ4n) is 1.86. The van der Waals surface area contributed by atoms with E-state index in [1.165, 1.54) is 7.11 Å². The molecule has 1 aliphatic carbocycles. The van der Waals surface area contributed by atoms with Crippen molar-refractivity contribution in [1.29, 1.82) is 0 Å². The van der Waals surface area contributed by atoms with E-state index in [-0.39, 0.29) is 17.8 Å². The third-order valence-corrected chi connectivity index (χ3v) is 4.12. The first-order valence-electron chi connectivity index (χ1n) is 5.27. The molecule has 0 aromatic heterocycles. The summed E-state index contributed by atoms with van der Waals surface area (Å²) in [5.41, 5.74) is 1.06. The van der Waals surface area contributed by atoms with Crippen LogP contribution in [-0.4, -0.2) is 23.9 Å². The molecule has 1 saturated carbocycles. The van der Waals surface area contributed by atoms with Crippen molar-refractivity contribution < 1.29 is 14.9 Å². The first kappa shape index (κ1) is 11.7. The van der Waals surface area contributed by atoms with E-state index in [1.54, 1.807) is 6.07 Å². The van der Waals surface area contributed by atoms with Crippen molar-refractivity contribution >= 4 is 15.9 Å². The molecule has 88 valence electrons. The number of methoxy groups -OCH3 is 1. The number of rotatable bonds is 4. The molecule has 3 nitrogen and oxygen atoms in total. The zero-order valence-electron chi connectivity index (χ0n) is 9.16. The number of ether oxygens (including phenoxy) is 1. The molecule has 0 bridgehead atoms. The summed E-state index contributed by atoms with van der Waals surface area (Å²) in [7, 11) is 1.53. The first-order valence-corrected chi connectivity index (χ1v) is 6.06. The van der Waals surface area contributed by atoms with Gasteiger partial charge in [0, 0.05) is 6.61 Å². The van der Waals surface area contributed by atoms with Gasteiger partial charge in [-0.1, -0.05) is 6.07 Å². The van der Waals surface area contributed by atoms with Crippen LogP contribution < -0.4 is 4.74 Å². The molecule has 2 N–H and O–H groups in total. The topological polar surface area (TPSA) is 49.7 Å². The van der Waals surface area contributed by atoms with E-state index in [0.29, 0.717) is 10.2 Å². The van der Waals surface area contributed by atoms with Gasteiger partial charge >= 0.3 is 0 Å². The Morgan fingerprint density at radius 3 is 2.62 bits per heavy atom. The Morgan fingerprint density at radius 1 is 1.44 bits per heavy atom. The molecule has 0 aliphatic heterocycles. The number of hydrogen-bond donors (Lipinski definition) is 2. The highest BCUT2D eigenvalue weighted by Gasteiger charge is 2.42. The van der Waals surface area contributed by atoms with Crippen molar-refractivity contribution in [2.45, 2.75) is 19.3 Å². The van der Waals surface area contributed by atoms with Crippen LogP contribution in [0.25, 0.3) is 0 Å². The summed E-state index contributed by atoms with van der Waals surface area (Å²) < 4.78 is 5.70. The molecule has 0 atom stereocenters. The highest BCUT2D eigenvalue weighted by atomic mass is 79.9. The van der Waals surface area contributed by atoms with Gasteiger partial charge in [0.25, 0.3) is 0 Å². The molecule has 1 aromatic rings. The summed E-state index contributed by atoms with van der Waals surface area (Å²) in [4.78, 5) is 0. The molecular weight excluding hydrogens is 272 g/mol. The lowest BCUT2D eigenvalue weighted by Crippen LogP contribution is -2.10. The van der Waals surface area contributed by atoms with Crippen LogP contribution >= 0.6 is 15.9 Å². The minimum atomic E-state index is 0.0452. The molecule has 1 aromatic carbocycles. The first-order chi connectivity index (χ1) is 7.62. The van der Waals surface area contributed by atoms with Crippen LogP contribution in [0.15, 0.2) is 16.6 Å². The molecule has 2 rings (SSSR count). The van der Waals surface area contributed by atoms with Gasteiger partial charge in [0.2, 0.25) is 0 Å². The van der Waals surface area contributed by atoms with Crippen molar-refractivity contribution in [2.24, 2.45) is 5.41 Å². The average molecular weight is 287 g/mol. The van der Waals surface area contributed by atoms with Crippen LogP contribution in [0.2, 0.25) is 0 Å². The van der Waals surface area contributed by atoms with Crippen molar-refractivity contribution in [3.63, 3.8) is 0 Å². The number of aromatic hydroxyl groups is 1. The van der Waals surface area contributed by atoms with E-state index in [4.69, 9.17) is 4.74 Å². The second-order valence-electron chi connectivity index (χ2n) is 4.42. The maximum absolute atomic E-state index is 9.83.